The molecule has 2 saturated heterocycles. The number of likely N-dealkylation sites (N-methyl/N-ethyl adjacent to an activating group) is 1. The Kier molecular flexibility index (Phi) is 4.52. The fourth-order valence-electron chi connectivity index (χ4n) is 4.18. The van der Waals surface area contributed by atoms with Gasteiger partial charge in [0.15, 0.2) is 0 Å². The molecule has 3 heterocycles. The minimum Gasteiger partial charge on any atom is -0.373 e. The van der Waals surface area contributed by atoms with E-state index in [4.69, 9.17) is 4.74 Å². The van der Waals surface area contributed by atoms with Crippen LogP contribution in [0.2, 0.25) is 0 Å². The zero-order chi connectivity index (χ0) is 17.3. The van der Waals surface area contributed by atoms with Crippen molar-refractivity contribution in [3.05, 3.63) is 48.5 Å². The highest BCUT2D eigenvalue weighted by Crippen LogP contribution is 2.38. The van der Waals surface area contributed by atoms with Crippen molar-refractivity contribution in [3.8, 4) is 0 Å². The molecular formula is C20H28N4O. The number of para-hydroxylation sites is 1. The first-order chi connectivity index (χ1) is 12.2. The minimum absolute atomic E-state index is 0.0800. The van der Waals surface area contributed by atoms with Gasteiger partial charge >= 0.3 is 0 Å². The second-order valence-corrected chi connectivity index (χ2v) is 7.57. The molecule has 0 amide bonds. The summed E-state index contributed by atoms with van der Waals surface area (Å²) in [6.45, 7) is 4.03. The van der Waals surface area contributed by atoms with Gasteiger partial charge in [-0.25, -0.2) is 4.98 Å². The average molecular weight is 340 g/mol. The molecular weight excluding hydrogens is 312 g/mol. The van der Waals surface area contributed by atoms with Crippen LogP contribution in [0.15, 0.2) is 42.9 Å². The van der Waals surface area contributed by atoms with Crippen LogP contribution < -0.4 is 4.90 Å². The Hall–Kier alpha value is -1.85. The first-order valence-electron chi connectivity index (χ1n) is 9.25. The van der Waals surface area contributed by atoms with Crippen molar-refractivity contribution in [1.29, 1.82) is 0 Å². The van der Waals surface area contributed by atoms with Gasteiger partial charge < -0.3 is 14.2 Å². The van der Waals surface area contributed by atoms with E-state index in [0.717, 1.165) is 45.5 Å². The maximum Gasteiger partial charge on any atom is 0.0945 e. The predicted octanol–water partition coefficient (Wildman–Crippen LogP) is 2.68. The second-order valence-electron chi connectivity index (χ2n) is 7.57. The summed E-state index contributed by atoms with van der Waals surface area (Å²) in [5.74, 6) is 0. The lowest BCUT2D eigenvalue weighted by Crippen LogP contribution is -2.44. The van der Waals surface area contributed by atoms with Crippen LogP contribution in [0.25, 0.3) is 0 Å². The molecule has 2 aliphatic heterocycles. The number of aromatic nitrogens is 2. The lowest BCUT2D eigenvalue weighted by atomic mass is 9.87. The van der Waals surface area contributed by atoms with Gasteiger partial charge in [-0.05, 0) is 31.4 Å². The summed E-state index contributed by atoms with van der Waals surface area (Å²) in [6.07, 6.45) is 7.25. The second kappa shape index (κ2) is 6.81. The van der Waals surface area contributed by atoms with Gasteiger partial charge in [0.05, 0.1) is 30.3 Å². The number of hydrogen-bond donors (Lipinski definition) is 0. The Labute approximate surface area is 150 Å². The molecule has 5 heteroatoms. The Morgan fingerprint density at radius 2 is 2.00 bits per heavy atom. The molecule has 4 rings (SSSR count). The lowest BCUT2D eigenvalue weighted by molar-refractivity contribution is -0.0451. The standard InChI is InChI=1S/C20H28N4O/c1-22-16-21-13-19(22)14-24-10-8-20(9-11-24)12-18(15-25-20)23(2)17-6-4-3-5-7-17/h3-7,13,16,18H,8-12,14-15H2,1-2H3. The normalized spacial score (nSPS) is 23.2. The molecule has 1 aromatic heterocycles. The highest BCUT2D eigenvalue weighted by Gasteiger charge is 2.43. The van der Waals surface area contributed by atoms with Crippen molar-refractivity contribution in [2.75, 3.05) is 31.6 Å². The smallest absolute Gasteiger partial charge is 0.0945 e. The number of ether oxygens (including phenoxy) is 1. The van der Waals surface area contributed by atoms with Gasteiger partial charge in [-0.3, -0.25) is 4.90 Å². The average Bonchev–Trinajstić information content (AvgIpc) is 3.24. The fourth-order valence-corrected chi connectivity index (χ4v) is 4.18. The van der Waals surface area contributed by atoms with Crippen LogP contribution in [0.3, 0.4) is 0 Å². The molecule has 1 aromatic carbocycles. The third-order valence-corrected chi connectivity index (χ3v) is 5.97. The number of piperidine rings is 1. The van der Waals surface area contributed by atoms with Crippen molar-refractivity contribution in [1.82, 2.24) is 14.5 Å². The van der Waals surface area contributed by atoms with Gasteiger partial charge in [0, 0.05) is 45.6 Å². The van der Waals surface area contributed by atoms with Crippen LogP contribution in [-0.2, 0) is 18.3 Å². The molecule has 1 atom stereocenters. The van der Waals surface area contributed by atoms with Crippen LogP contribution in [0, 0.1) is 0 Å². The molecule has 2 aliphatic rings. The van der Waals surface area contributed by atoms with E-state index in [2.05, 4.69) is 63.8 Å². The molecule has 0 bridgehead atoms. The number of aryl methyl sites for hydroxylation is 1. The maximum atomic E-state index is 6.36. The number of nitrogens with zero attached hydrogens (tertiary/aromatic N) is 4. The largest absolute Gasteiger partial charge is 0.373 e. The van der Waals surface area contributed by atoms with Gasteiger partial charge in [-0.15, -0.1) is 0 Å². The molecule has 0 aliphatic carbocycles. The van der Waals surface area contributed by atoms with E-state index in [1.165, 1.54) is 11.4 Å². The summed E-state index contributed by atoms with van der Waals surface area (Å²) >= 11 is 0. The van der Waals surface area contributed by atoms with E-state index in [1.54, 1.807) is 0 Å². The third kappa shape index (κ3) is 3.44. The fraction of sp³-hybridized carbons (Fsp3) is 0.550. The monoisotopic (exact) mass is 340 g/mol. The summed E-state index contributed by atoms with van der Waals surface area (Å²) in [6, 6.07) is 11.1. The minimum atomic E-state index is 0.0800. The number of likely N-dealkylation sites (tertiary alicyclic amines) is 1. The van der Waals surface area contributed by atoms with Gasteiger partial charge in [0.25, 0.3) is 0 Å². The number of anilines is 1. The van der Waals surface area contributed by atoms with Crippen molar-refractivity contribution in [3.63, 3.8) is 0 Å². The quantitative estimate of drug-likeness (QED) is 0.857. The molecule has 5 nitrogen and oxygen atoms in total. The maximum absolute atomic E-state index is 6.36. The summed E-state index contributed by atoms with van der Waals surface area (Å²) in [5, 5.41) is 0. The van der Waals surface area contributed by atoms with Crippen molar-refractivity contribution >= 4 is 5.69 Å². The number of hydrogen-bond acceptors (Lipinski definition) is 4. The lowest BCUT2D eigenvalue weighted by Gasteiger charge is -2.39. The molecule has 1 spiro atoms. The third-order valence-electron chi connectivity index (χ3n) is 5.97. The van der Waals surface area contributed by atoms with Crippen molar-refractivity contribution in [2.45, 2.75) is 37.5 Å². The molecule has 0 radical (unpaired) electrons. The topological polar surface area (TPSA) is 33.5 Å². The molecule has 134 valence electrons. The van der Waals surface area contributed by atoms with Crippen LogP contribution in [-0.4, -0.2) is 52.8 Å². The molecule has 2 aromatic rings. The van der Waals surface area contributed by atoms with E-state index in [0.29, 0.717) is 6.04 Å². The zero-order valence-electron chi connectivity index (χ0n) is 15.3. The number of benzene rings is 1. The van der Waals surface area contributed by atoms with E-state index >= 15 is 0 Å². The van der Waals surface area contributed by atoms with Crippen LogP contribution in [0.1, 0.15) is 25.0 Å². The number of rotatable bonds is 4. The van der Waals surface area contributed by atoms with Gasteiger partial charge in [-0.2, -0.15) is 0 Å². The molecule has 1 unspecified atom stereocenters. The molecule has 0 saturated carbocycles. The van der Waals surface area contributed by atoms with Gasteiger partial charge in [0.2, 0.25) is 0 Å². The molecule has 0 N–H and O–H groups in total. The first-order valence-corrected chi connectivity index (χ1v) is 9.25. The van der Waals surface area contributed by atoms with Crippen molar-refractivity contribution < 1.29 is 4.74 Å². The highest BCUT2D eigenvalue weighted by atomic mass is 16.5. The Morgan fingerprint density at radius 3 is 2.68 bits per heavy atom. The van der Waals surface area contributed by atoms with Crippen LogP contribution >= 0.6 is 0 Å². The number of imidazole rings is 1. The van der Waals surface area contributed by atoms with E-state index in [9.17, 15) is 0 Å². The summed E-state index contributed by atoms with van der Waals surface area (Å²) < 4.78 is 8.47. The summed E-state index contributed by atoms with van der Waals surface area (Å²) in [5.41, 5.74) is 2.64. The zero-order valence-corrected chi connectivity index (χ0v) is 15.3. The first kappa shape index (κ1) is 16.6. The van der Waals surface area contributed by atoms with Crippen LogP contribution in [0.5, 0.6) is 0 Å². The van der Waals surface area contributed by atoms with E-state index in [-0.39, 0.29) is 5.60 Å². The van der Waals surface area contributed by atoms with Crippen LogP contribution in [0.4, 0.5) is 5.69 Å². The SMILES string of the molecule is CN(c1ccccc1)C1COC2(CCN(Cc3cncn3C)CC2)C1. The Balaban J connectivity index is 1.33. The summed E-state index contributed by atoms with van der Waals surface area (Å²) in [4.78, 5) is 9.14. The molecule has 2 fully saturated rings. The predicted molar refractivity (Wildman–Crippen MR) is 99.7 cm³/mol. The Morgan fingerprint density at radius 1 is 1.24 bits per heavy atom. The van der Waals surface area contributed by atoms with E-state index in [1.807, 2.05) is 12.5 Å². The van der Waals surface area contributed by atoms with Crippen molar-refractivity contribution in [2.24, 2.45) is 7.05 Å². The van der Waals surface area contributed by atoms with E-state index < -0.39 is 0 Å². The highest BCUT2D eigenvalue weighted by molar-refractivity contribution is 5.46. The Bertz CT molecular complexity index is 691. The molecule has 25 heavy (non-hydrogen) atoms. The van der Waals surface area contributed by atoms with Gasteiger partial charge in [-0.1, -0.05) is 18.2 Å². The summed E-state index contributed by atoms with van der Waals surface area (Å²) in [7, 11) is 4.26. The van der Waals surface area contributed by atoms with Gasteiger partial charge in [0.1, 0.15) is 0 Å².